The summed E-state index contributed by atoms with van der Waals surface area (Å²) in [5.74, 6) is 0.660. The molecule has 13 heavy (non-hydrogen) atoms. The molecule has 0 radical (unpaired) electrons. The Hall–Kier alpha value is -1.51. The van der Waals surface area contributed by atoms with Crippen LogP contribution in [0.3, 0.4) is 0 Å². The number of nitrogen functional groups attached to an aromatic ring is 1. The molecule has 0 aliphatic rings. The van der Waals surface area contributed by atoms with Crippen molar-refractivity contribution in [1.29, 1.82) is 0 Å². The molecule has 0 atom stereocenters. The predicted molar refractivity (Wildman–Crippen MR) is 52.1 cm³/mol. The summed E-state index contributed by atoms with van der Waals surface area (Å²) >= 11 is 0. The number of carbonyl (C=O) groups is 1. The van der Waals surface area contributed by atoms with Crippen LogP contribution in [0.25, 0.3) is 0 Å². The van der Waals surface area contributed by atoms with Crippen LogP contribution in [0, 0.1) is 6.92 Å². The maximum absolute atomic E-state index is 11.2. The molecule has 0 saturated heterocycles. The maximum Gasteiger partial charge on any atom is 0.160 e. The van der Waals surface area contributed by atoms with Gasteiger partial charge in [-0.05, 0) is 19.9 Å². The van der Waals surface area contributed by atoms with E-state index in [2.05, 4.69) is 0 Å². The Bertz CT molecular complexity index is 345. The maximum atomic E-state index is 11.2. The molecule has 0 unspecified atom stereocenters. The van der Waals surface area contributed by atoms with E-state index in [0.29, 0.717) is 17.0 Å². The standard InChI is InChI=1S/C10H13NO2/c1-6-9(7(2)12)4-8(11)5-10(6)13-3/h4-5H,11H2,1-3H3. The molecule has 0 spiro atoms. The number of methoxy groups -OCH3 is 1. The summed E-state index contributed by atoms with van der Waals surface area (Å²) in [6.45, 7) is 3.36. The number of carbonyl (C=O) groups excluding carboxylic acids is 1. The highest BCUT2D eigenvalue weighted by Gasteiger charge is 2.09. The molecular formula is C10H13NO2. The summed E-state index contributed by atoms with van der Waals surface area (Å²) in [5.41, 5.74) is 7.62. The summed E-state index contributed by atoms with van der Waals surface area (Å²) in [6.07, 6.45) is 0. The number of hydrogen-bond acceptors (Lipinski definition) is 3. The fraction of sp³-hybridized carbons (Fsp3) is 0.300. The first-order valence-electron chi connectivity index (χ1n) is 4.01. The first-order valence-corrected chi connectivity index (χ1v) is 4.01. The van der Waals surface area contributed by atoms with Gasteiger partial charge in [0.25, 0.3) is 0 Å². The van der Waals surface area contributed by atoms with Crippen LogP contribution in [0.4, 0.5) is 5.69 Å². The lowest BCUT2D eigenvalue weighted by molar-refractivity contribution is 0.101. The van der Waals surface area contributed by atoms with Gasteiger partial charge < -0.3 is 10.5 Å². The number of anilines is 1. The first-order chi connectivity index (χ1) is 6.06. The zero-order chi connectivity index (χ0) is 10.0. The van der Waals surface area contributed by atoms with Crippen LogP contribution in [0.1, 0.15) is 22.8 Å². The molecular weight excluding hydrogens is 166 g/mol. The van der Waals surface area contributed by atoms with Gasteiger partial charge in [-0.25, -0.2) is 0 Å². The van der Waals surface area contributed by atoms with Crippen molar-refractivity contribution in [3.05, 3.63) is 23.3 Å². The third-order valence-electron chi connectivity index (χ3n) is 1.98. The van der Waals surface area contributed by atoms with E-state index in [1.807, 2.05) is 6.92 Å². The molecule has 0 amide bonds. The van der Waals surface area contributed by atoms with Crippen LogP contribution >= 0.6 is 0 Å². The normalized spacial score (nSPS) is 9.77. The smallest absolute Gasteiger partial charge is 0.160 e. The van der Waals surface area contributed by atoms with Gasteiger partial charge in [0.1, 0.15) is 5.75 Å². The van der Waals surface area contributed by atoms with Crippen molar-refractivity contribution in [1.82, 2.24) is 0 Å². The van der Waals surface area contributed by atoms with Crippen molar-refractivity contribution in [2.24, 2.45) is 0 Å². The van der Waals surface area contributed by atoms with Crippen LogP contribution in [0.15, 0.2) is 12.1 Å². The largest absolute Gasteiger partial charge is 0.496 e. The molecule has 0 aliphatic heterocycles. The third-order valence-corrected chi connectivity index (χ3v) is 1.98. The van der Waals surface area contributed by atoms with Crippen LogP contribution < -0.4 is 10.5 Å². The van der Waals surface area contributed by atoms with Crippen molar-refractivity contribution in [2.75, 3.05) is 12.8 Å². The number of rotatable bonds is 2. The second-order valence-electron chi connectivity index (χ2n) is 2.95. The highest BCUT2D eigenvalue weighted by molar-refractivity contribution is 5.97. The first kappa shape index (κ1) is 9.58. The minimum Gasteiger partial charge on any atom is -0.496 e. The van der Waals surface area contributed by atoms with Crippen molar-refractivity contribution in [3.8, 4) is 5.75 Å². The average molecular weight is 179 g/mol. The minimum atomic E-state index is 0.00287. The minimum absolute atomic E-state index is 0.00287. The Labute approximate surface area is 77.5 Å². The second-order valence-corrected chi connectivity index (χ2v) is 2.95. The number of Topliss-reactive ketones (excluding diaryl/α,β-unsaturated/α-hetero) is 1. The quantitative estimate of drug-likeness (QED) is 0.556. The van der Waals surface area contributed by atoms with Gasteiger partial charge in [-0.15, -0.1) is 0 Å². The van der Waals surface area contributed by atoms with Crippen LogP contribution in [-0.4, -0.2) is 12.9 Å². The molecule has 0 fully saturated rings. The number of ketones is 1. The fourth-order valence-corrected chi connectivity index (χ4v) is 1.29. The Morgan fingerprint density at radius 2 is 2.08 bits per heavy atom. The van der Waals surface area contributed by atoms with E-state index in [-0.39, 0.29) is 5.78 Å². The van der Waals surface area contributed by atoms with E-state index in [9.17, 15) is 4.79 Å². The number of hydrogen-bond donors (Lipinski definition) is 1. The van der Waals surface area contributed by atoms with Crippen molar-refractivity contribution < 1.29 is 9.53 Å². The highest BCUT2D eigenvalue weighted by atomic mass is 16.5. The summed E-state index contributed by atoms with van der Waals surface area (Å²) < 4.78 is 5.08. The lowest BCUT2D eigenvalue weighted by atomic mass is 10.0. The summed E-state index contributed by atoms with van der Waals surface area (Å²) in [4.78, 5) is 11.2. The van der Waals surface area contributed by atoms with Gasteiger partial charge in [-0.3, -0.25) is 4.79 Å². The van der Waals surface area contributed by atoms with Crippen molar-refractivity contribution in [3.63, 3.8) is 0 Å². The number of nitrogens with two attached hydrogens (primary N) is 1. The highest BCUT2D eigenvalue weighted by Crippen LogP contribution is 2.25. The molecule has 70 valence electrons. The molecule has 2 N–H and O–H groups in total. The Morgan fingerprint density at radius 1 is 1.46 bits per heavy atom. The third kappa shape index (κ3) is 1.80. The topological polar surface area (TPSA) is 52.3 Å². The molecule has 1 rings (SSSR count). The van der Waals surface area contributed by atoms with E-state index in [4.69, 9.17) is 10.5 Å². The van der Waals surface area contributed by atoms with Gasteiger partial charge in [0.2, 0.25) is 0 Å². The van der Waals surface area contributed by atoms with Crippen LogP contribution in [0.5, 0.6) is 5.75 Å². The Morgan fingerprint density at radius 3 is 2.54 bits per heavy atom. The van der Waals surface area contributed by atoms with Gasteiger partial charge in [0.15, 0.2) is 5.78 Å². The van der Waals surface area contributed by atoms with Crippen molar-refractivity contribution >= 4 is 11.5 Å². The summed E-state index contributed by atoms with van der Waals surface area (Å²) in [7, 11) is 1.56. The summed E-state index contributed by atoms with van der Waals surface area (Å²) in [5, 5.41) is 0. The van der Waals surface area contributed by atoms with Gasteiger partial charge in [0, 0.05) is 22.9 Å². The SMILES string of the molecule is COc1cc(N)cc(C(C)=O)c1C. The predicted octanol–water partition coefficient (Wildman–Crippen LogP) is 1.79. The molecule has 0 bridgehead atoms. The van der Waals surface area contributed by atoms with E-state index in [1.165, 1.54) is 6.92 Å². The molecule has 0 aromatic heterocycles. The van der Waals surface area contributed by atoms with E-state index in [0.717, 1.165) is 5.56 Å². The molecule has 3 nitrogen and oxygen atoms in total. The zero-order valence-electron chi connectivity index (χ0n) is 8.05. The second kappa shape index (κ2) is 3.47. The molecule has 3 heteroatoms. The zero-order valence-corrected chi connectivity index (χ0v) is 8.05. The molecule has 0 heterocycles. The Balaban J connectivity index is 3.35. The molecule has 0 aliphatic carbocycles. The van der Waals surface area contributed by atoms with Gasteiger partial charge in [0.05, 0.1) is 7.11 Å². The molecule has 1 aromatic rings. The Kier molecular flexibility index (Phi) is 2.56. The van der Waals surface area contributed by atoms with Crippen molar-refractivity contribution in [2.45, 2.75) is 13.8 Å². The van der Waals surface area contributed by atoms with E-state index in [1.54, 1.807) is 19.2 Å². The van der Waals surface area contributed by atoms with E-state index >= 15 is 0 Å². The van der Waals surface area contributed by atoms with Gasteiger partial charge in [-0.2, -0.15) is 0 Å². The van der Waals surface area contributed by atoms with E-state index < -0.39 is 0 Å². The van der Waals surface area contributed by atoms with Gasteiger partial charge >= 0.3 is 0 Å². The number of ether oxygens (including phenoxy) is 1. The molecule has 1 aromatic carbocycles. The molecule has 0 saturated carbocycles. The fourth-order valence-electron chi connectivity index (χ4n) is 1.29. The monoisotopic (exact) mass is 179 g/mol. The lowest BCUT2D eigenvalue weighted by Gasteiger charge is -2.09. The van der Waals surface area contributed by atoms with Gasteiger partial charge in [-0.1, -0.05) is 0 Å². The van der Waals surface area contributed by atoms with Crippen LogP contribution in [-0.2, 0) is 0 Å². The lowest BCUT2D eigenvalue weighted by Crippen LogP contribution is -2.01. The summed E-state index contributed by atoms with van der Waals surface area (Å²) in [6, 6.07) is 3.38. The number of benzene rings is 1. The average Bonchev–Trinajstić information content (AvgIpc) is 2.08. The van der Waals surface area contributed by atoms with Crippen LogP contribution in [0.2, 0.25) is 0 Å².